The Hall–Kier alpha value is -1.82. The number of rotatable bonds is 6. The van der Waals surface area contributed by atoms with E-state index in [4.69, 9.17) is 42.9 Å². The number of aliphatic carboxylic acids is 2. The minimum absolute atomic E-state index is 0. The van der Waals surface area contributed by atoms with Crippen molar-refractivity contribution in [3.63, 3.8) is 0 Å². The number of hydrogen-bond donors (Lipinski definition) is 2. The van der Waals surface area contributed by atoms with Crippen molar-refractivity contribution in [1.29, 1.82) is 0 Å². The summed E-state index contributed by atoms with van der Waals surface area (Å²) in [6, 6.07) is 13.0. The van der Waals surface area contributed by atoms with Crippen LogP contribution in [0, 0.1) is 0 Å². The zero-order valence-corrected chi connectivity index (χ0v) is 17.5. The molecule has 0 radical (unpaired) electrons. The monoisotopic (exact) mass is 436 g/mol. The summed E-state index contributed by atoms with van der Waals surface area (Å²) in [6.45, 7) is -0.663. The van der Waals surface area contributed by atoms with Crippen molar-refractivity contribution in [1.82, 2.24) is 0 Å². The van der Waals surface area contributed by atoms with Gasteiger partial charge in [0.2, 0.25) is 0 Å². The summed E-state index contributed by atoms with van der Waals surface area (Å²) in [5.74, 6) is -0.987. The number of hydrogen-bond acceptors (Lipinski definition) is 4. The maximum atomic E-state index is 10.1. The maximum Gasteiger partial charge on any atom is 0.341 e. The molecule has 9 heteroatoms. The van der Waals surface area contributed by atoms with Crippen molar-refractivity contribution >= 4 is 35.1 Å². The van der Waals surface area contributed by atoms with E-state index in [1.54, 1.807) is 48.5 Å². The molecule has 2 N–H and O–H groups in total. The summed E-state index contributed by atoms with van der Waals surface area (Å²) >= 11 is 11.2. The molecule has 2 aromatic rings. The third-order valence-electron chi connectivity index (χ3n) is 2.35. The van der Waals surface area contributed by atoms with Crippen LogP contribution in [0.3, 0.4) is 0 Å². The molecule has 0 unspecified atom stereocenters. The van der Waals surface area contributed by atoms with Crippen molar-refractivity contribution in [2.45, 2.75) is 0 Å². The SMILES string of the molecule is O=C(O)COc1ccc(Cl)cc1.O=C(O)COc1ccc(Cl)cc1.[Zn]. The Bertz CT molecular complexity index is 602. The molecule has 0 saturated carbocycles. The van der Waals surface area contributed by atoms with Crippen LogP contribution in [-0.4, -0.2) is 35.4 Å². The van der Waals surface area contributed by atoms with Crippen LogP contribution >= 0.6 is 23.2 Å². The van der Waals surface area contributed by atoms with E-state index >= 15 is 0 Å². The summed E-state index contributed by atoms with van der Waals surface area (Å²) in [6.07, 6.45) is 0. The van der Waals surface area contributed by atoms with E-state index in [9.17, 15) is 9.59 Å². The van der Waals surface area contributed by atoms with Gasteiger partial charge in [-0.05, 0) is 48.5 Å². The molecule has 0 fully saturated rings. The third-order valence-corrected chi connectivity index (χ3v) is 2.86. The summed E-state index contributed by atoms with van der Waals surface area (Å²) in [5, 5.41) is 17.7. The summed E-state index contributed by atoms with van der Waals surface area (Å²) in [5.41, 5.74) is 0. The Balaban J connectivity index is 0.000000443. The first-order valence-electron chi connectivity index (χ1n) is 6.57. The molecule has 0 aliphatic heterocycles. The van der Waals surface area contributed by atoms with Crippen molar-refractivity contribution < 1.29 is 48.8 Å². The summed E-state index contributed by atoms with van der Waals surface area (Å²) < 4.78 is 9.73. The first kappa shape index (κ1) is 23.2. The largest absolute Gasteiger partial charge is 0.482 e. The van der Waals surface area contributed by atoms with Gasteiger partial charge >= 0.3 is 11.9 Å². The molecule has 0 aliphatic rings. The van der Waals surface area contributed by atoms with Gasteiger partial charge in [0.25, 0.3) is 0 Å². The van der Waals surface area contributed by atoms with Gasteiger partial charge in [0.15, 0.2) is 13.2 Å². The standard InChI is InChI=1S/2C8H7ClO3.Zn/c2*9-6-1-3-7(4-2-6)12-5-8(10)11;/h2*1-4H,5H2,(H,10,11);. The molecule has 0 bridgehead atoms. The van der Waals surface area contributed by atoms with Crippen LogP contribution in [0.1, 0.15) is 0 Å². The van der Waals surface area contributed by atoms with Crippen molar-refractivity contribution in [3.8, 4) is 11.5 Å². The van der Waals surface area contributed by atoms with Crippen molar-refractivity contribution in [2.75, 3.05) is 13.2 Å². The molecule has 0 aliphatic carbocycles. The van der Waals surface area contributed by atoms with E-state index in [2.05, 4.69) is 0 Å². The van der Waals surface area contributed by atoms with Gasteiger partial charge in [-0.2, -0.15) is 0 Å². The molecule has 0 atom stereocenters. The van der Waals surface area contributed by atoms with Crippen LogP contribution in [0.25, 0.3) is 0 Å². The molecule has 6 nitrogen and oxygen atoms in total. The van der Waals surface area contributed by atoms with Crippen molar-refractivity contribution in [2.24, 2.45) is 0 Å². The van der Waals surface area contributed by atoms with E-state index in [0.29, 0.717) is 21.5 Å². The number of carboxylic acids is 2. The molecule has 2 aromatic carbocycles. The number of carbonyl (C=O) groups is 2. The van der Waals surface area contributed by atoms with Gasteiger partial charge in [-0.1, -0.05) is 23.2 Å². The van der Waals surface area contributed by atoms with Crippen LogP contribution in [0.4, 0.5) is 0 Å². The predicted molar refractivity (Wildman–Crippen MR) is 89.2 cm³/mol. The first-order chi connectivity index (χ1) is 11.4. The fourth-order valence-corrected chi connectivity index (χ4v) is 1.60. The smallest absolute Gasteiger partial charge is 0.341 e. The second kappa shape index (κ2) is 12.5. The van der Waals surface area contributed by atoms with E-state index < -0.39 is 11.9 Å². The molecule has 0 amide bonds. The van der Waals surface area contributed by atoms with Crippen LogP contribution in [0.5, 0.6) is 11.5 Å². The number of benzene rings is 2. The van der Waals surface area contributed by atoms with Crippen LogP contribution < -0.4 is 9.47 Å². The van der Waals surface area contributed by atoms with Gasteiger partial charge in [0.05, 0.1) is 0 Å². The molecule has 25 heavy (non-hydrogen) atoms. The minimum atomic E-state index is -0.995. The van der Waals surface area contributed by atoms with E-state index in [0.717, 1.165) is 0 Å². The quantitative estimate of drug-likeness (QED) is 0.670. The molecule has 0 saturated heterocycles. The van der Waals surface area contributed by atoms with Crippen molar-refractivity contribution in [3.05, 3.63) is 58.6 Å². The van der Waals surface area contributed by atoms with E-state index in [-0.39, 0.29) is 32.7 Å². The zero-order valence-electron chi connectivity index (χ0n) is 13.0. The second-order valence-electron chi connectivity index (χ2n) is 4.27. The number of ether oxygens (including phenoxy) is 2. The Morgan fingerprint density at radius 2 is 1.00 bits per heavy atom. The zero-order chi connectivity index (χ0) is 17.9. The molecular formula is C16H14Cl2O6Zn. The fraction of sp³-hybridized carbons (Fsp3) is 0.125. The Morgan fingerprint density at radius 3 is 1.24 bits per heavy atom. The fourth-order valence-electron chi connectivity index (χ4n) is 1.35. The van der Waals surface area contributed by atoms with Crippen LogP contribution in [0.2, 0.25) is 10.0 Å². The van der Waals surface area contributed by atoms with E-state index in [1.807, 2.05) is 0 Å². The minimum Gasteiger partial charge on any atom is -0.482 e. The molecule has 0 heterocycles. The molecule has 2 rings (SSSR count). The first-order valence-corrected chi connectivity index (χ1v) is 7.32. The van der Waals surface area contributed by atoms with Gasteiger partial charge in [-0.15, -0.1) is 0 Å². The maximum absolute atomic E-state index is 10.1. The van der Waals surface area contributed by atoms with E-state index in [1.165, 1.54) is 0 Å². The predicted octanol–water partition coefficient (Wildman–Crippen LogP) is 3.60. The van der Waals surface area contributed by atoms with Gasteiger partial charge in [-0.3, -0.25) is 0 Å². The third kappa shape index (κ3) is 11.4. The number of halogens is 2. The molecule has 0 aromatic heterocycles. The summed E-state index contributed by atoms with van der Waals surface area (Å²) in [4.78, 5) is 20.2. The van der Waals surface area contributed by atoms with Crippen LogP contribution in [0.15, 0.2) is 48.5 Å². The topological polar surface area (TPSA) is 93.1 Å². The number of carboxylic acid groups (broad SMARTS) is 2. The molecular weight excluding hydrogens is 424 g/mol. The Kier molecular flexibility index (Phi) is 11.6. The average molecular weight is 439 g/mol. The Labute approximate surface area is 167 Å². The molecule has 0 spiro atoms. The second-order valence-corrected chi connectivity index (χ2v) is 5.15. The van der Waals surface area contributed by atoms with Gasteiger partial charge < -0.3 is 19.7 Å². The van der Waals surface area contributed by atoms with Gasteiger partial charge in [0, 0.05) is 29.5 Å². The summed E-state index contributed by atoms with van der Waals surface area (Å²) in [7, 11) is 0. The van der Waals surface area contributed by atoms with Gasteiger partial charge in [-0.25, -0.2) is 9.59 Å². The van der Waals surface area contributed by atoms with Crippen LogP contribution in [-0.2, 0) is 29.1 Å². The Morgan fingerprint density at radius 1 is 0.720 bits per heavy atom. The van der Waals surface area contributed by atoms with Gasteiger partial charge in [0.1, 0.15) is 11.5 Å². The molecule has 130 valence electrons. The average Bonchev–Trinajstić information content (AvgIpc) is 2.54. The normalized spacial score (nSPS) is 9.04.